The zero-order valence-corrected chi connectivity index (χ0v) is 14.6. The molecule has 24 heavy (non-hydrogen) atoms. The lowest BCUT2D eigenvalue weighted by Gasteiger charge is -2.07. The number of carbonyl (C=O) groups is 2. The Morgan fingerprint density at radius 1 is 1.17 bits per heavy atom. The van der Waals surface area contributed by atoms with Gasteiger partial charge in [0.15, 0.2) is 5.13 Å². The van der Waals surface area contributed by atoms with Gasteiger partial charge >= 0.3 is 0 Å². The van der Waals surface area contributed by atoms with Gasteiger partial charge in [0.05, 0.1) is 12.1 Å². The summed E-state index contributed by atoms with van der Waals surface area (Å²) in [4.78, 5) is 28.4. The highest BCUT2D eigenvalue weighted by Gasteiger charge is 2.23. The lowest BCUT2D eigenvalue weighted by Crippen LogP contribution is -2.20. The molecule has 0 aliphatic heterocycles. The quantitative estimate of drug-likeness (QED) is 0.839. The predicted molar refractivity (Wildman–Crippen MR) is 96.5 cm³/mol. The third kappa shape index (κ3) is 4.55. The molecule has 1 aromatic carbocycles. The first-order valence-electron chi connectivity index (χ1n) is 7.91. The zero-order valence-electron chi connectivity index (χ0n) is 13.0. The molecule has 1 fully saturated rings. The van der Waals surface area contributed by atoms with Gasteiger partial charge in [-0.15, -0.1) is 11.3 Å². The highest BCUT2D eigenvalue weighted by Crippen LogP contribution is 2.26. The highest BCUT2D eigenvalue weighted by molar-refractivity contribution is 7.13. The second-order valence-electron chi connectivity index (χ2n) is 5.85. The third-order valence-corrected chi connectivity index (χ3v) is 5.04. The minimum absolute atomic E-state index is 0.0408. The summed E-state index contributed by atoms with van der Waals surface area (Å²) in [5, 5.41) is 8.62. The Bertz CT molecular complexity index is 724. The maximum atomic E-state index is 12.1. The number of rotatable bonds is 5. The van der Waals surface area contributed by atoms with E-state index in [0.29, 0.717) is 21.5 Å². The van der Waals surface area contributed by atoms with E-state index in [9.17, 15) is 9.59 Å². The second kappa shape index (κ2) is 7.77. The SMILES string of the molecule is O=C(Cc1csc(NC(=O)C2CCCC2)n1)Nc1ccc(Cl)cc1. The molecular weight excluding hydrogens is 346 g/mol. The van der Waals surface area contributed by atoms with Crippen LogP contribution in [0.2, 0.25) is 5.02 Å². The Balaban J connectivity index is 1.52. The number of nitrogens with zero attached hydrogens (tertiary/aromatic N) is 1. The Morgan fingerprint density at radius 3 is 2.58 bits per heavy atom. The fourth-order valence-electron chi connectivity index (χ4n) is 2.74. The lowest BCUT2D eigenvalue weighted by atomic mass is 10.1. The van der Waals surface area contributed by atoms with Crippen molar-refractivity contribution in [2.75, 3.05) is 10.6 Å². The van der Waals surface area contributed by atoms with Gasteiger partial charge in [-0.3, -0.25) is 9.59 Å². The van der Waals surface area contributed by atoms with Gasteiger partial charge in [-0.1, -0.05) is 24.4 Å². The predicted octanol–water partition coefficient (Wildman–Crippen LogP) is 4.11. The average Bonchev–Trinajstić information content (AvgIpc) is 3.21. The largest absolute Gasteiger partial charge is 0.326 e. The van der Waals surface area contributed by atoms with E-state index in [0.717, 1.165) is 25.7 Å². The van der Waals surface area contributed by atoms with Gasteiger partial charge in [-0.05, 0) is 37.1 Å². The highest BCUT2D eigenvalue weighted by atomic mass is 35.5. The molecule has 0 radical (unpaired) electrons. The molecule has 0 atom stereocenters. The molecule has 0 spiro atoms. The van der Waals surface area contributed by atoms with E-state index < -0.39 is 0 Å². The number of anilines is 2. The number of aromatic nitrogens is 1. The Morgan fingerprint density at radius 2 is 1.88 bits per heavy atom. The molecule has 3 rings (SSSR count). The molecule has 1 aromatic heterocycles. The van der Waals surface area contributed by atoms with E-state index in [-0.39, 0.29) is 24.2 Å². The molecule has 7 heteroatoms. The van der Waals surface area contributed by atoms with Crippen molar-refractivity contribution < 1.29 is 9.59 Å². The normalized spacial score (nSPS) is 14.5. The summed E-state index contributed by atoms with van der Waals surface area (Å²) in [5.41, 5.74) is 1.34. The molecular formula is C17H18ClN3O2S. The first-order chi connectivity index (χ1) is 11.6. The molecule has 2 aromatic rings. The van der Waals surface area contributed by atoms with E-state index in [1.807, 2.05) is 0 Å². The summed E-state index contributed by atoms with van der Waals surface area (Å²) in [5.74, 6) is -0.0131. The maximum absolute atomic E-state index is 12.1. The third-order valence-electron chi connectivity index (χ3n) is 3.98. The van der Waals surface area contributed by atoms with Crippen LogP contribution in [0.4, 0.5) is 10.8 Å². The lowest BCUT2D eigenvalue weighted by molar-refractivity contribution is -0.119. The van der Waals surface area contributed by atoms with Gasteiger partial charge in [-0.25, -0.2) is 4.98 Å². The number of nitrogens with one attached hydrogen (secondary N) is 2. The summed E-state index contributed by atoms with van der Waals surface area (Å²) >= 11 is 7.16. The Hall–Kier alpha value is -1.92. The van der Waals surface area contributed by atoms with E-state index in [2.05, 4.69) is 15.6 Å². The average molecular weight is 364 g/mol. The van der Waals surface area contributed by atoms with Gasteiger partial charge in [0.1, 0.15) is 0 Å². The van der Waals surface area contributed by atoms with Gasteiger partial charge in [-0.2, -0.15) is 0 Å². The summed E-state index contributed by atoms with van der Waals surface area (Å²) in [6.07, 6.45) is 4.30. The molecule has 1 aliphatic rings. The van der Waals surface area contributed by atoms with Gasteiger partial charge in [0.2, 0.25) is 11.8 Å². The zero-order chi connectivity index (χ0) is 16.9. The first kappa shape index (κ1) is 16.9. The summed E-state index contributed by atoms with van der Waals surface area (Å²) in [7, 11) is 0. The van der Waals surface area contributed by atoms with Crippen molar-refractivity contribution in [1.82, 2.24) is 4.98 Å². The molecule has 1 heterocycles. The number of thiazole rings is 1. The van der Waals surface area contributed by atoms with E-state index >= 15 is 0 Å². The van der Waals surface area contributed by atoms with Crippen LogP contribution in [0.1, 0.15) is 31.4 Å². The number of benzene rings is 1. The van der Waals surface area contributed by atoms with Crippen LogP contribution >= 0.6 is 22.9 Å². The van der Waals surface area contributed by atoms with E-state index in [4.69, 9.17) is 11.6 Å². The van der Waals surface area contributed by atoms with E-state index in [1.54, 1.807) is 29.6 Å². The van der Waals surface area contributed by atoms with Crippen LogP contribution in [0.25, 0.3) is 0 Å². The molecule has 5 nitrogen and oxygen atoms in total. The molecule has 126 valence electrons. The molecule has 1 saturated carbocycles. The molecule has 0 saturated heterocycles. The van der Waals surface area contributed by atoms with Crippen molar-refractivity contribution >= 4 is 45.6 Å². The molecule has 2 amide bonds. The van der Waals surface area contributed by atoms with Crippen molar-refractivity contribution in [3.05, 3.63) is 40.4 Å². The van der Waals surface area contributed by atoms with Crippen LogP contribution < -0.4 is 10.6 Å². The monoisotopic (exact) mass is 363 g/mol. The fraction of sp³-hybridized carbons (Fsp3) is 0.353. The number of hydrogen-bond acceptors (Lipinski definition) is 4. The van der Waals surface area contributed by atoms with Gasteiger partial charge in [0, 0.05) is 22.0 Å². The molecule has 2 N–H and O–H groups in total. The van der Waals surface area contributed by atoms with Crippen molar-refractivity contribution in [2.24, 2.45) is 5.92 Å². The van der Waals surface area contributed by atoms with Crippen molar-refractivity contribution in [1.29, 1.82) is 0 Å². The summed E-state index contributed by atoms with van der Waals surface area (Å²) < 4.78 is 0. The van der Waals surface area contributed by atoms with Crippen LogP contribution in [0.5, 0.6) is 0 Å². The minimum Gasteiger partial charge on any atom is -0.326 e. The first-order valence-corrected chi connectivity index (χ1v) is 9.16. The van der Waals surface area contributed by atoms with Crippen LogP contribution in [0, 0.1) is 5.92 Å². The van der Waals surface area contributed by atoms with Crippen LogP contribution in [0.3, 0.4) is 0 Å². The van der Waals surface area contributed by atoms with Crippen molar-refractivity contribution in [2.45, 2.75) is 32.1 Å². The Kier molecular flexibility index (Phi) is 5.48. The molecule has 1 aliphatic carbocycles. The fourth-order valence-corrected chi connectivity index (χ4v) is 3.58. The standard InChI is InChI=1S/C17H18ClN3O2S/c18-12-5-7-13(8-6-12)19-15(22)9-14-10-24-17(20-14)21-16(23)11-3-1-2-4-11/h5-8,10-11H,1-4,9H2,(H,19,22)(H,20,21,23). The smallest absolute Gasteiger partial charge is 0.230 e. The number of carbonyl (C=O) groups excluding carboxylic acids is 2. The number of halogens is 1. The van der Waals surface area contributed by atoms with Crippen LogP contribution in [0.15, 0.2) is 29.6 Å². The van der Waals surface area contributed by atoms with Crippen LogP contribution in [-0.4, -0.2) is 16.8 Å². The maximum Gasteiger partial charge on any atom is 0.230 e. The molecule has 0 unspecified atom stereocenters. The minimum atomic E-state index is -0.156. The number of hydrogen-bond donors (Lipinski definition) is 2. The number of amides is 2. The van der Waals surface area contributed by atoms with Gasteiger partial charge < -0.3 is 10.6 Å². The summed E-state index contributed by atoms with van der Waals surface area (Å²) in [6.45, 7) is 0. The Labute approximate surface area is 149 Å². The van der Waals surface area contributed by atoms with Gasteiger partial charge in [0.25, 0.3) is 0 Å². The van der Waals surface area contributed by atoms with Crippen molar-refractivity contribution in [3.63, 3.8) is 0 Å². The second-order valence-corrected chi connectivity index (χ2v) is 7.14. The van der Waals surface area contributed by atoms with Crippen molar-refractivity contribution in [3.8, 4) is 0 Å². The van der Waals surface area contributed by atoms with Crippen LogP contribution in [-0.2, 0) is 16.0 Å². The summed E-state index contributed by atoms with van der Waals surface area (Å²) in [6, 6.07) is 6.93. The van der Waals surface area contributed by atoms with E-state index in [1.165, 1.54) is 11.3 Å². The topological polar surface area (TPSA) is 71.1 Å². The molecule has 0 bridgehead atoms.